The van der Waals surface area contributed by atoms with E-state index < -0.39 is 29.0 Å². The number of benzene rings is 2. The molecule has 2 aromatic rings. The van der Waals surface area contributed by atoms with Crippen LogP contribution in [0.4, 0.5) is 33.3 Å². The lowest BCUT2D eigenvalue weighted by atomic mass is 9.94. The molecule has 0 N–H and O–H groups in total. The molecule has 0 atom stereocenters. The zero-order chi connectivity index (χ0) is 25.0. The van der Waals surface area contributed by atoms with Crippen molar-refractivity contribution in [2.24, 2.45) is 5.92 Å². The maximum absolute atomic E-state index is 12.9. The molecule has 0 radical (unpaired) electrons. The molecule has 3 rings (SSSR count). The van der Waals surface area contributed by atoms with E-state index in [0.717, 1.165) is 17.7 Å². The van der Waals surface area contributed by atoms with E-state index in [1.165, 1.54) is 17.0 Å². The highest BCUT2D eigenvalue weighted by atomic mass is 19.4. The van der Waals surface area contributed by atoms with Crippen LogP contribution in [0.1, 0.15) is 24.0 Å². The lowest BCUT2D eigenvalue weighted by Gasteiger charge is -2.34. The molecule has 0 aromatic heterocycles. The summed E-state index contributed by atoms with van der Waals surface area (Å²) in [6.45, 7) is -2.13. The molecule has 0 aliphatic carbocycles. The summed E-state index contributed by atoms with van der Waals surface area (Å²) in [6.07, 6.45) is -3.94. The van der Waals surface area contributed by atoms with Crippen LogP contribution in [0.2, 0.25) is 0 Å². The number of nitrogens with zero attached hydrogens (tertiary/aromatic N) is 3. The number of carbonyl (C=O) groups is 1. The number of halogens is 5. The number of ether oxygens (including phenoxy) is 1. The van der Waals surface area contributed by atoms with Crippen LogP contribution < -0.4 is 9.64 Å². The number of hydrogen-bond acceptors (Lipinski definition) is 5. The minimum Gasteiger partial charge on any atom is -0.435 e. The molecule has 12 heteroatoms. The van der Waals surface area contributed by atoms with Gasteiger partial charge in [-0.1, -0.05) is 12.1 Å². The summed E-state index contributed by atoms with van der Waals surface area (Å²) in [4.78, 5) is 26.5. The molecule has 1 fully saturated rings. The molecule has 1 heterocycles. The Kier molecular flexibility index (Phi) is 7.57. The Balaban J connectivity index is 1.61. The lowest BCUT2D eigenvalue weighted by Crippen LogP contribution is -2.41. The van der Waals surface area contributed by atoms with Crippen molar-refractivity contribution >= 4 is 17.3 Å². The number of carbonyl (C=O) groups excluding carboxylic acids is 1. The molecule has 1 aliphatic heterocycles. The predicted molar refractivity (Wildman–Crippen MR) is 113 cm³/mol. The molecule has 1 saturated heterocycles. The predicted octanol–water partition coefficient (Wildman–Crippen LogP) is 5.09. The second-order valence-corrected chi connectivity index (χ2v) is 7.94. The smallest absolute Gasteiger partial charge is 0.416 e. The first-order valence-corrected chi connectivity index (χ1v) is 10.3. The van der Waals surface area contributed by atoms with Crippen LogP contribution in [0.15, 0.2) is 42.5 Å². The normalized spacial score (nSPS) is 14.9. The highest BCUT2D eigenvalue weighted by Crippen LogP contribution is 2.37. The Hall–Kier alpha value is -3.44. The van der Waals surface area contributed by atoms with Crippen molar-refractivity contribution in [1.82, 2.24) is 4.90 Å². The van der Waals surface area contributed by atoms with Crippen LogP contribution in [-0.4, -0.2) is 42.5 Å². The fourth-order valence-electron chi connectivity index (χ4n) is 3.92. The molecule has 0 spiro atoms. The summed E-state index contributed by atoms with van der Waals surface area (Å²) >= 11 is 0. The first-order valence-electron chi connectivity index (χ1n) is 10.3. The fraction of sp³-hybridized carbons (Fsp3) is 0.409. The molecular formula is C22H22F5N3O4. The van der Waals surface area contributed by atoms with Crippen molar-refractivity contribution < 1.29 is 36.4 Å². The van der Waals surface area contributed by atoms with Gasteiger partial charge in [-0.2, -0.15) is 22.0 Å². The number of amides is 1. The fourth-order valence-corrected chi connectivity index (χ4v) is 3.92. The third-order valence-corrected chi connectivity index (χ3v) is 5.63. The van der Waals surface area contributed by atoms with Gasteiger partial charge in [0.05, 0.1) is 10.5 Å². The van der Waals surface area contributed by atoms with Crippen molar-refractivity contribution in [3.63, 3.8) is 0 Å². The number of rotatable bonds is 7. The maximum Gasteiger partial charge on any atom is 0.416 e. The van der Waals surface area contributed by atoms with Crippen molar-refractivity contribution in [1.29, 1.82) is 0 Å². The van der Waals surface area contributed by atoms with Crippen molar-refractivity contribution in [3.8, 4) is 5.75 Å². The van der Waals surface area contributed by atoms with E-state index in [-0.39, 0.29) is 42.9 Å². The number of alkyl halides is 5. The van der Waals surface area contributed by atoms with Gasteiger partial charge >= 0.3 is 12.8 Å². The minimum absolute atomic E-state index is 0.0115. The molecule has 7 nitrogen and oxygen atoms in total. The second-order valence-electron chi connectivity index (χ2n) is 7.94. The third kappa shape index (κ3) is 6.12. The number of hydrogen-bond donors (Lipinski definition) is 0. The number of nitro groups is 1. The van der Waals surface area contributed by atoms with Crippen LogP contribution in [0.25, 0.3) is 0 Å². The Labute approximate surface area is 191 Å². The second kappa shape index (κ2) is 10.2. The average molecular weight is 487 g/mol. The zero-order valence-corrected chi connectivity index (χ0v) is 18.1. The van der Waals surface area contributed by atoms with E-state index in [1.54, 1.807) is 24.1 Å². The van der Waals surface area contributed by atoms with Gasteiger partial charge in [0.25, 0.3) is 5.69 Å². The third-order valence-electron chi connectivity index (χ3n) is 5.63. The van der Waals surface area contributed by atoms with E-state index >= 15 is 0 Å². The quantitative estimate of drug-likeness (QED) is 0.309. The standard InChI is InChI=1S/C22H22F5N3O4/c1-28(13-14-2-5-17(6-3-14)34-21(23)24)20(31)15-8-10-29(11-9-15)18-7-4-16(22(25,26)27)12-19(18)30(32)33/h2-7,12,15,21H,8-11,13H2,1H3. The van der Waals surface area contributed by atoms with Crippen LogP contribution >= 0.6 is 0 Å². The maximum atomic E-state index is 12.9. The van der Waals surface area contributed by atoms with E-state index in [2.05, 4.69) is 4.74 Å². The Morgan fingerprint density at radius 3 is 2.32 bits per heavy atom. The summed E-state index contributed by atoms with van der Waals surface area (Å²) in [5.74, 6) is -0.483. The van der Waals surface area contributed by atoms with Crippen LogP contribution in [0.5, 0.6) is 5.75 Å². The van der Waals surface area contributed by atoms with Crippen molar-refractivity contribution in [3.05, 3.63) is 63.7 Å². The first-order chi connectivity index (χ1) is 16.0. The van der Waals surface area contributed by atoms with Crippen LogP contribution in [-0.2, 0) is 17.5 Å². The van der Waals surface area contributed by atoms with Crippen molar-refractivity contribution in [2.45, 2.75) is 32.2 Å². The number of piperidine rings is 1. The zero-order valence-electron chi connectivity index (χ0n) is 18.1. The van der Waals surface area contributed by atoms with Gasteiger partial charge in [-0.3, -0.25) is 14.9 Å². The Morgan fingerprint density at radius 1 is 1.18 bits per heavy atom. The van der Waals surface area contributed by atoms with Gasteiger partial charge in [-0.15, -0.1) is 0 Å². The van der Waals surface area contributed by atoms with Gasteiger partial charge in [0, 0.05) is 38.7 Å². The van der Waals surface area contributed by atoms with Crippen molar-refractivity contribution in [2.75, 3.05) is 25.0 Å². The lowest BCUT2D eigenvalue weighted by molar-refractivity contribution is -0.384. The molecular weight excluding hydrogens is 465 g/mol. The number of nitro benzene ring substituents is 1. The summed E-state index contributed by atoms with van der Waals surface area (Å²) in [5, 5.41) is 11.4. The summed E-state index contributed by atoms with van der Waals surface area (Å²) in [6, 6.07) is 8.35. The topological polar surface area (TPSA) is 75.9 Å². The highest BCUT2D eigenvalue weighted by Gasteiger charge is 2.35. The van der Waals surface area contributed by atoms with Gasteiger partial charge in [-0.05, 0) is 42.7 Å². The molecule has 2 aromatic carbocycles. The van der Waals surface area contributed by atoms with Crippen LogP contribution in [0, 0.1) is 16.0 Å². The average Bonchev–Trinajstić information content (AvgIpc) is 2.78. The van der Waals surface area contributed by atoms with E-state index in [4.69, 9.17) is 0 Å². The SMILES string of the molecule is CN(Cc1ccc(OC(F)F)cc1)C(=O)C1CCN(c2ccc(C(F)(F)F)cc2[N+](=O)[O-])CC1. The van der Waals surface area contributed by atoms with Gasteiger partial charge in [0.15, 0.2) is 0 Å². The van der Waals surface area contributed by atoms with Gasteiger partial charge in [0.2, 0.25) is 5.91 Å². The van der Waals surface area contributed by atoms with Gasteiger partial charge in [-0.25, -0.2) is 0 Å². The van der Waals surface area contributed by atoms with E-state index in [9.17, 15) is 36.9 Å². The minimum atomic E-state index is -4.69. The summed E-state index contributed by atoms with van der Waals surface area (Å²) in [5.41, 5.74) is -0.918. The highest BCUT2D eigenvalue weighted by molar-refractivity contribution is 5.79. The van der Waals surface area contributed by atoms with E-state index in [0.29, 0.717) is 18.9 Å². The number of anilines is 1. The Bertz CT molecular complexity index is 1020. The summed E-state index contributed by atoms with van der Waals surface area (Å²) < 4.78 is 67.6. The Morgan fingerprint density at radius 2 is 1.79 bits per heavy atom. The molecule has 1 aliphatic rings. The molecule has 0 unspecified atom stereocenters. The largest absolute Gasteiger partial charge is 0.435 e. The molecule has 0 bridgehead atoms. The van der Waals surface area contributed by atoms with Gasteiger partial charge in [0.1, 0.15) is 11.4 Å². The first kappa shape index (κ1) is 25.2. The molecule has 34 heavy (non-hydrogen) atoms. The molecule has 1 amide bonds. The van der Waals surface area contributed by atoms with Crippen LogP contribution in [0.3, 0.4) is 0 Å². The molecule has 184 valence electrons. The van der Waals surface area contributed by atoms with Gasteiger partial charge < -0.3 is 14.5 Å². The molecule has 0 saturated carbocycles. The summed E-state index contributed by atoms with van der Waals surface area (Å²) in [7, 11) is 1.61. The van der Waals surface area contributed by atoms with E-state index in [1.807, 2.05) is 0 Å². The monoisotopic (exact) mass is 487 g/mol.